The van der Waals surface area contributed by atoms with Crippen LogP contribution in [0.3, 0.4) is 0 Å². The summed E-state index contributed by atoms with van der Waals surface area (Å²) in [6.45, 7) is 1.85. The zero-order valence-electron chi connectivity index (χ0n) is 11.2. The summed E-state index contributed by atoms with van der Waals surface area (Å²) in [6, 6.07) is 7.55. The number of H-pyrrole nitrogens is 1. The minimum Gasteiger partial charge on any atom is -0.358 e. The van der Waals surface area contributed by atoms with Crippen LogP contribution >= 0.6 is 0 Å². The quantitative estimate of drug-likeness (QED) is 0.452. The van der Waals surface area contributed by atoms with Gasteiger partial charge in [-0.1, -0.05) is 18.2 Å². The molecule has 0 bridgehead atoms. The van der Waals surface area contributed by atoms with Gasteiger partial charge in [0.2, 0.25) is 6.33 Å². The molecule has 106 valence electrons. The highest BCUT2D eigenvalue weighted by Gasteiger charge is 2.18. The third kappa shape index (κ3) is 2.29. The predicted molar refractivity (Wildman–Crippen MR) is 76.2 cm³/mol. The highest BCUT2D eigenvalue weighted by Crippen LogP contribution is 2.22. The average molecular weight is 284 g/mol. The molecular weight excluding hydrogens is 272 g/mol. The van der Waals surface area contributed by atoms with Crippen molar-refractivity contribution >= 4 is 22.5 Å². The number of nitrogens with zero attached hydrogens (tertiary/aromatic N) is 3. The first-order valence-corrected chi connectivity index (χ1v) is 6.33. The number of para-hydroxylation sites is 1. The maximum atomic E-state index is 12.5. The first-order chi connectivity index (χ1) is 10.1. The van der Waals surface area contributed by atoms with Gasteiger partial charge >= 0.3 is 5.82 Å². The lowest BCUT2D eigenvalue weighted by molar-refractivity contribution is -0.389. The predicted octanol–water partition coefficient (Wildman–Crippen LogP) is 2.46. The van der Waals surface area contributed by atoms with Gasteiger partial charge in [0.1, 0.15) is 6.20 Å². The van der Waals surface area contributed by atoms with E-state index in [9.17, 15) is 14.9 Å². The number of aromatic amines is 1. The van der Waals surface area contributed by atoms with E-state index in [2.05, 4.69) is 9.97 Å². The number of aromatic nitrogens is 3. The molecule has 2 heterocycles. The fourth-order valence-electron chi connectivity index (χ4n) is 2.41. The second-order valence-electron chi connectivity index (χ2n) is 4.76. The highest BCUT2D eigenvalue weighted by atomic mass is 16.6. The van der Waals surface area contributed by atoms with E-state index < -0.39 is 4.92 Å². The fourth-order valence-corrected chi connectivity index (χ4v) is 2.41. The van der Waals surface area contributed by atoms with Crippen LogP contribution in [0.5, 0.6) is 0 Å². The van der Waals surface area contributed by atoms with E-state index in [1.54, 1.807) is 0 Å². The molecule has 3 aromatic rings. The number of fused-ring (bicyclic) bond motifs is 1. The van der Waals surface area contributed by atoms with Crippen LogP contribution in [0.4, 0.5) is 5.82 Å². The van der Waals surface area contributed by atoms with Crippen molar-refractivity contribution < 1.29 is 9.72 Å². The van der Waals surface area contributed by atoms with Gasteiger partial charge in [-0.15, -0.1) is 0 Å². The van der Waals surface area contributed by atoms with Gasteiger partial charge in [-0.3, -0.25) is 4.79 Å². The van der Waals surface area contributed by atoms with Crippen molar-refractivity contribution in [2.75, 3.05) is 0 Å². The molecule has 0 saturated heterocycles. The summed E-state index contributed by atoms with van der Waals surface area (Å²) in [4.78, 5) is 29.3. The Balaban J connectivity index is 1.93. The lowest BCUT2D eigenvalue weighted by atomic mass is 10.1. The minimum atomic E-state index is -0.585. The number of nitro groups is 1. The van der Waals surface area contributed by atoms with Crippen molar-refractivity contribution in [1.29, 1.82) is 0 Å². The monoisotopic (exact) mass is 284 g/mol. The smallest absolute Gasteiger partial charge is 0.358 e. The van der Waals surface area contributed by atoms with Crippen molar-refractivity contribution in [3.05, 3.63) is 58.2 Å². The van der Waals surface area contributed by atoms with Gasteiger partial charge in [0.15, 0.2) is 5.78 Å². The van der Waals surface area contributed by atoms with Crippen LogP contribution in [0.25, 0.3) is 10.9 Å². The van der Waals surface area contributed by atoms with Gasteiger partial charge in [-0.25, -0.2) is 0 Å². The molecule has 7 heteroatoms. The SMILES string of the molecule is Cc1[nH]c2ccccc2c1C(=O)Cn1cnc([N+](=O)[O-])c1. The maximum Gasteiger partial charge on any atom is 0.381 e. The largest absolute Gasteiger partial charge is 0.381 e. The van der Waals surface area contributed by atoms with E-state index in [4.69, 9.17) is 0 Å². The molecule has 21 heavy (non-hydrogen) atoms. The molecule has 1 N–H and O–H groups in total. The number of nitrogens with one attached hydrogen (secondary N) is 1. The Labute approximate surface area is 119 Å². The topological polar surface area (TPSA) is 93.8 Å². The third-order valence-corrected chi connectivity index (χ3v) is 3.31. The normalized spacial score (nSPS) is 10.9. The van der Waals surface area contributed by atoms with Crippen molar-refractivity contribution in [2.45, 2.75) is 13.5 Å². The molecule has 0 aliphatic heterocycles. The Hall–Kier alpha value is -2.96. The number of benzene rings is 1. The fraction of sp³-hybridized carbons (Fsp3) is 0.143. The molecule has 0 aliphatic carbocycles. The number of hydrogen-bond acceptors (Lipinski definition) is 4. The Morgan fingerprint density at radius 3 is 2.90 bits per heavy atom. The van der Waals surface area contributed by atoms with Crippen molar-refractivity contribution in [1.82, 2.24) is 14.5 Å². The molecule has 0 unspecified atom stereocenters. The van der Waals surface area contributed by atoms with E-state index in [0.29, 0.717) is 5.56 Å². The summed E-state index contributed by atoms with van der Waals surface area (Å²) in [5.74, 6) is -0.379. The van der Waals surface area contributed by atoms with Crippen LogP contribution in [0.15, 0.2) is 36.8 Å². The summed E-state index contributed by atoms with van der Waals surface area (Å²) in [5.41, 5.74) is 2.30. The van der Waals surface area contributed by atoms with E-state index in [0.717, 1.165) is 16.6 Å². The van der Waals surface area contributed by atoms with Crippen LogP contribution in [0, 0.1) is 17.0 Å². The second kappa shape index (κ2) is 4.86. The molecule has 0 spiro atoms. The first kappa shape index (κ1) is 13.0. The molecule has 0 saturated carbocycles. The number of aryl methyl sites for hydroxylation is 1. The molecule has 2 aromatic heterocycles. The van der Waals surface area contributed by atoms with Crippen molar-refractivity contribution in [3.63, 3.8) is 0 Å². The van der Waals surface area contributed by atoms with Crippen LogP contribution in [0.2, 0.25) is 0 Å². The summed E-state index contributed by atoms with van der Waals surface area (Å²) >= 11 is 0. The van der Waals surface area contributed by atoms with Gasteiger partial charge in [-0.2, -0.15) is 0 Å². The standard InChI is InChI=1S/C14H12N4O3/c1-9-14(10-4-2-3-5-11(10)16-9)12(19)6-17-7-13(15-8-17)18(20)21/h2-5,7-8,16H,6H2,1H3. The molecular formula is C14H12N4O3. The second-order valence-corrected chi connectivity index (χ2v) is 4.76. The van der Waals surface area contributed by atoms with E-state index in [-0.39, 0.29) is 18.1 Å². The van der Waals surface area contributed by atoms with Crippen molar-refractivity contribution in [3.8, 4) is 0 Å². The van der Waals surface area contributed by atoms with Gasteiger partial charge in [0, 0.05) is 22.2 Å². The number of hydrogen-bond donors (Lipinski definition) is 1. The Morgan fingerprint density at radius 2 is 2.19 bits per heavy atom. The molecule has 1 aromatic carbocycles. The maximum absolute atomic E-state index is 12.5. The van der Waals surface area contributed by atoms with E-state index in [1.807, 2.05) is 31.2 Å². The third-order valence-electron chi connectivity index (χ3n) is 3.31. The average Bonchev–Trinajstić information content (AvgIpc) is 3.01. The number of carbonyl (C=O) groups is 1. The minimum absolute atomic E-state index is 0.0174. The number of rotatable bonds is 4. The Kier molecular flexibility index (Phi) is 3.02. The van der Waals surface area contributed by atoms with Gasteiger partial charge in [-0.05, 0) is 22.9 Å². The van der Waals surface area contributed by atoms with Crippen LogP contribution < -0.4 is 0 Å². The summed E-state index contributed by atoms with van der Waals surface area (Å²) < 4.78 is 1.42. The number of imidazole rings is 1. The summed E-state index contributed by atoms with van der Waals surface area (Å²) in [6.07, 6.45) is 2.54. The van der Waals surface area contributed by atoms with Gasteiger partial charge < -0.3 is 19.7 Å². The molecule has 7 nitrogen and oxygen atoms in total. The number of ketones is 1. The lowest BCUT2D eigenvalue weighted by Crippen LogP contribution is -2.09. The number of carbonyl (C=O) groups excluding carboxylic acids is 1. The zero-order valence-corrected chi connectivity index (χ0v) is 11.2. The Morgan fingerprint density at radius 1 is 1.43 bits per heavy atom. The summed E-state index contributed by atoms with van der Waals surface area (Å²) in [5, 5.41) is 11.5. The number of Topliss-reactive ketones (excluding diaryl/α,β-unsaturated/α-hetero) is 1. The lowest BCUT2D eigenvalue weighted by Gasteiger charge is -2.01. The van der Waals surface area contributed by atoms with Crippen LogP contribution in [-0.2, 0) is 6.54 Å². The van der Waals surface area contributed by atoms with Crippen molar-refractivity contribution in [2.24, 2.45) is 0 Å². The highest BCUT2D eigenvalue weighted by molar-refractivity contribution is 6.09. The van der Waals surface area contributed by atoms with Crippen LogP contribution in [0.1, 0.15) is 16.1 Å². The molecule has 0 amide bonds. The van der Waals surface area contributed by atoms with Gasteiger partial charge in [0.05, 0.1) is 6.54 Å². The molecule has 0 fully saturated rings. The zero-order chi connectivity index (χ0) is 15.0. The molecule has 0 aliphatic rings. The summed E-state index contributed by atoms with van der Waals surface area (Å²) in [7, 11) is 0. The molecule has 0 atom stereocenters. The van der Waals surface area contributed by atoms with E-state index >= 15 is 0 Å². The molecule has 3 rings (SSSR count). The van der Waals surface area contributed by atoms with Gasteiger partial charge in [0.25, 0.3) is 0 Å². The first-order valence-electron chi connectivity index (χ1n) is 6.33. The Bertz CT molecular complexity index is 847. The van der Waals surface area contributed by atoms with E-state index in [1.165, 1.54) is 17.1 Å². The molecule has 0 radical (unpaired) electrons. The van der Waals surface area contributed by atoms with Crippen LogP contribution in [-0.4, -0.2) is 25.2 Å².